The van der Waals surface area contributed by atoms with Gasteiger partial charge in [0.1, 0.15) is 12.4 Å². The van der Waals surface area contributed by atoms with Gasteiger partial charge in [0.2, 0.25) is 0 Å². The zero-order chi connectivity index (χ0) is 27.7. The molecule has 4 aromatic rings. The van der Waals surface area contributed by atoms with Gasteiger partial charge in [-0.1, -0.05) is 44.0 Å². The molecule has 0 atom stereocenters. The fourth-order valence-corrected chi connectivity index (χ4v) is 5.67. The predicted molar refractivity (Wildman–Crippen MR) is 140 cm³/mol. The first-order valence-corrected chi connectivity index (χ1v) is 13.2. The molecule has 0 heterocycles. The Morgan fingerprint density at radius 3 is 2.10 bits per heavy atom. The van der Waals surface area contributed by atoms with Crippen LogP contribution >= 0.6 is 0 Å². The van der Waals surface area contributed by atoms with Gasteiger partial charge in [-0.15, -0.1) is 0 Å². The SMILES string of the molecule is CCCC1CCC(c2ccc(-c3cc(F)c(OCc4ccc5c(F)c(F)c(F)cc5c4)c(F)c3)c(F)c2)CC1. The van der Waals surface area contributed by atoms with Crippen LogP contribution in [0.5, 0.6) is 5.75 Å². The summed E-state index contributed by atoms with van der Waals surface area (Å²) in [6.45, 7) is 1.87. The third-order valence-electron chi connectivity index (χ3n) is 7.74. The molecule has 0 spiro atoms. The molecule has 1 saturated carbocycles. The highest BCUT2D eigenvalue weighted by atomic mass is 19.2. The van der Waals surface area contributed by atoms with Crippen molar-refractivity contribution in [2.45, 2.75) is 58.0 Å². The van der Waals surface area contributed by atoms with Crippen LogP contribution in [0, 0.1) is 40.8 Å². The number of hydrogen-bond donors (Lipinski definition) is 0. The van der Waals surface area contributed by atoms with Crippen LogP contribution in [0.15, 0.2) is 54.6 Å². The Hall–Kier alpha value is -3.48. The summed E-state index contributed by atoms with van der Waals surface area (Å²) in [4.78, 5) is 0. The van der Waals surface area contributed by atoms with Crippen molar-refractivity contribution >= 4 is 10.8 Å². The normalized spacial score (nSPS) is 17.5. The van der Waals surface area contributed by atoms with Crippen LogP contribution in [-0.2, 0) is 6.61 Å². The van der Waals surface area contributed by atoms with E-state index in [4.69, 9.17) is 4.74 Å². The van der Waals surface area contributed by atoms with Gasteiger partial charge >= 0.3 is 0 Å². The van der Waals surface area contributed by atoms with E-state index in [9.17, 15) is 22.0 Å². The number of fused-ring (bicyclic) bond motifs is 1. The largest absolute Gasteiger partial charge is 0.483 e. The Balaban J connectivity index is 1.31. The van der Waals surface area contributed by atoms with E-state index in [1.165, 1.54) is 37.1 Å². The molecule has 0 amide bonds. The summed E-state index contributed by atoms with van der Waals surface area (Å²) in [6, 6.07) is 11.7. The lowest BCUT2D eigenvalue weighted by Gasteiger charge is -2.28. The maximum atomic E-state index is 15.1. The van der Waals surface area contributed by atoms with E-state index < -0.39 is 40.7 Å². The molecule has 0 unspecified atom stereocenters. The number of rotatable bonds is 7. The van der Waals surface area contributed by atoms with Gasteiger partial charge in [-0.3, -0.25) is 0 Å². The molecule has 0 saturated heterocycles. The fraction of sp³-hybridized carbons (Fsp3) is 0.312. The summed E-state index contributed by atoms with van der Waals surface area (Å²) >= 11 is 0. The van der Waals surface area contributed by atoms with E-state index >= 15 is 4.39 Å². The monoisotopic (exact) mass is 542 g/mol. The van der Waals surface area contributed by atoms with Gasteiger partial charge in [0.15, 0.2) is 34.8 Å². The lowest BCUT2D eigenvalue weighted by molar-refractivity contribution is 0.274. The van der Waals surface area contributed by atoms with Crippen LogP contribution in [0.25, 0.3) is 21.9 Å². The molecular weight excluding hydrogens is 514 g/mol. The van der Waals surface area contributed by atoms with E-state index in [2.05, 4.69) is 6.92 Å². The molecule has 0 N–H and O–H groups in total. The van der Waals surface area contributed by atoms with Gasteiger partial charge in [-0.05, 0) is 89.9 Å². The third kappa shape index (κ3) is 5.63. The minimum absolute atomic E-state index is 0.0479. The van der Waals surface area contributed by atoms with Crippen molar-refractivity contribution in [3.05, 3.63) is 101 Å². The molecule has 1 aliphatic rings. The second kappa shape index (κ2) is 11.3. The first-order valence-electron chi connectivity index (χ1n) is 13.2. The van der Waals surface area contributed by atoms with Crippen molar-refractivity contribution in [1.29, 1.82) is 0 Å². The summed E-state index contributed by atoms with van der Waals surface area (Å²) in [7, 11) is 0. The summed E-state index contributed by atoms with van der Waals surface area (Å²) in [5, 5.41) is -0.0479. The summed E-state index contributed by atoms with van der Waals surface area (Å²) in [5.41, 5.74) is 1.41. The van der Waals surface area contributed by atoms with E-state index in [1.807, 2.05) is 6.07 Å². The van der Waals surface area contributed by atoms with Crippen molar-refractivity contribution in [2.75, 3.05) is 0 Å². The Labute approximate surface area is 223 Å². The highest BCUT2D eigenvalue weighted by molar-refractivity contribution is 5.84. The van der Waals surface area contributed by atoms with Crippen LogP contribution in [-0.4, -0.2) is 0 Å². The summed E-state index contributed by atoms with van der Waals surface area (Å²) in [6.07, 6.45) is 6.67. The second-order valence-corrected chi connectivity index (χ2v) is 10.3. The molecule has 7 heteroatoms. The van der Waals surface area contributed by atoms with Crippen LogP contribution in [0.4, 0.5) is 26.3 Å². The van der Waals surface area contributed by atoms with Crippen LogP contribution in [0.3, 0.4) is 0 Å². The number of halogens is 6. The zero-order valence-electron chi connectivity index (χ0n) is 21.5. The molecule has 1 fully saturated rings. The summed E-state index contributed by atoms with van der Waals surface area (Å²) < 4.78 is 91.1. The molecule has 1 nitrogen and oxygen atoms in total. The van der Waals surface area contributed by atoms with E-state index in [1.54, 1.807) is 6.07 Å². The molecular formula is C32H28F6O. The molecule has 5 rings (SSSR count). The second-order valence-electron chi connectivity index (χ2n) is 10.3. The predicted octanol–water partition coefficient (Wildman–Crippen LogP) is 9.99. The molecule has 39 heavy (non-hydrogen) atoms. The Morgan fingerprint density at radius 2 is 1.44 bits per heavy atom. The van der Waals surface area contributed by atoms with Gasteiger partial charge in [0.25, 0.3) is 0 Å². The van der Waals surface area contributed by atoms with Crippen molar-refractivity contribution < 1.29 is 31.1 Å². The van der Waals surface area contributed by atoms with Crippen LogP contribution < -0.4 is 4.74 Å². The average Bonchev–Trinajstić information content (AvgIpc) is 2.91. The highest BCUT2D eigenvalue weighted by Gasteiger charge is 2.23. The average molecular weight is 543 g/mol. The third-order valence-corrected chi connectivity index (χ3v) is 7.74. The Kier molecular flexibility index (Phi) is 7.87. The van der Waals surface area contributed by atoms with Crippen LogP contribution in [0.2, 0.25) is 0 Å². The number of hydrogen-bond acceptors (Lipinski definition) is 1. The van der Waals surface area contributed by atoms with Gasteiger partial charge < -0.3 is 4.74 Å². The van der Waals surface area contributed by atoms with Crippen molar-refractivity contribution in [3.8, 4) is 16.9 Å². The number of benzene rings is 4. The van der Waals surface area contributed by atoms with Crippen LogP contribution in [0.1, 0.15) is 62.5 Å². The minimum atomic E-state index is -1.57. The first-order chi connectivity index (χ1) is 18.7. The first kappa shape index (κ1) is 27.1. The summed E-state index contributed by atoms with van der Waals surface area (Å²) in [5.74, 6) is -6.43. The Bertz CT molecular complexity index is 1480. The highest BCUT2D eigenvalue weighted by Crippen LogP contribution is 2.39. The van der Waals surface area contributed by atoms with Crippen molar-refractivity contribution in [3.63, 3.8) is 0 Å². The van der Waals surface area contributed by atoms with E-state index in [0.717, 1.165) is 55.4 Å². The molecule has 4 aromatic carbocycles. The standard InChI is InChI=1S/C32H28F6O/c1-2-3-18-4-7-20(8-5-18)21-9-11-24(26(33)13-21)23-15-28(35)32(29(36)16-23)39-17-19-6-10-25-22(12-19)14-27(34)31(38)30(25)37/h6,9-16,18,20H,2-5,7-8,17H2,1H3. The lowest BCUT2D eigenvalue weighted by atomic mass is 9.77. The molecule has 204 valence electrons. The molecule has 0 radical (unpaired) electrons. The lowest BCUT2D eigenvalue weighted by Crippen LogP contribution is -2.13. The van der Waals surface area contributed by atoms with E-state index in [-0.39, 0.29) is 34.4 Å². The Morgan fingerprint density at radius 1 is 0.718 bits per heavy atom. The molecule has 0 bridgehead atoms. The molecule has 0 aromatic heterocycles. The zero-order valence-corrected chi connectivity index (χ0v) is 21.5. The molecule has 1 aliphatic carbocycles. The maximum absolute atomic E-state index is 15.1. The van der Waals surface area contributed by atoms with Crippen molar-refractivity contribution in [1.82, 2.24) is 0 Å². The fourth-order valence-electron chi connectivity index (χ4n) is 5.67. The van der Waals surface area contributed by atoms with Gasteiger partial charge in [-0.2, -0.15) is 0 Å². The molecule has 0 aliphatic heterocycles. The van der Waals surface area contributed by atoms with E-state index in [0.29, 0.717) is 5.56 Å². The topological polar surface area (TPSA) is 9.23 Å². The minimum Gasteiger partial charge on any atom is -0.483 e. The maximum Gasteiger partial charge on any atom is 0.195 e. The smallest absolute Gasteiger partial charge is 0.195 e. The van der Waals surface area contributed by atoms with Gasteiger partial charge in [0.05, 0.1) is 0 Å². The van der Waals surface area contributed by atoms with Gasteiger partial charge in [0, 0.05) is 10.9 Å². The van der Waals surface area contributed by atoms with Gasteiger partial charge in [-0.25, -0.2) is 26.3 Å². The van der Waals surface area contributed by atoms with Crippen molar-refractivity contribution in [2.24, 2.45) is 5.92 Å². The quantitative estimate of drug-likeness (QED) is 0.167. The number of ether oxygens (including phenoxy) is 1.